The second-order valence-electron chi connectivity index (χ2n) is 8.89. The Kier molecular flexibility index (Phi) is 9.27. The van der Waals surface area contributed by atoms with Gasteiger partial charge in [-0.15, -0.1) is 0 Å². The molecule has 2 rings (SSSR count). The van der Waals surface area contributed by atoms with Gasteiger partial charge in [0.1, 0.15) is 0 Å². The van der Waals surface area contributed by atoms with Crippen LogP contribution < -0.4 is 9.80 Å². The fraction of sp³-hybridized carbons (Fsp3) is 0.571. The lowest BCUT2D eigenvalue weighted by atomic mass is 9.94. The number of anilines is 2. The summed E-state index contributed by atoms with van der Waals surface area (Å²) in [6.07, 6.45) is 4.75. The van der Waals surface area contributed by atoms with E-state index in [0.717, 1.165) is 26.2 Å². The number of rotatable bonds is 11. The van der Waals surface area contributed by atoms with E-state index in [1.54, 1.807) is 0 Å². The maximum Gasteiger partial charge on any atom is 0.0426 e. The molecule has 0 N–H and O–H groups in total. The Bertz CT molecular complexity index is 694. The second kappa shape index (κ2) is 11.4. The third-order valence-electron chi connectivity index (χ3n) is 5.92. The third-order valence-corrected chi connectivity index (χ3v) is 5.92. The van der Waals surface area contributed by atoms with Gasteiger partial charge in [0.05, 0.1) is 0 Å². The van der Waals surface area contributed by atoms with Crippen molar-refractivity contribution in [1.82, 2.24) is 0 Å². The molecule has 2 nitrogen and oxygen atoms in total. The highest BCUT2D eigenvalue weighted by Crippen LogP contribution is 2.35. The summed E-state index contributed by atoms with van der Waals surface area (Å²) < 4.78 is 0. The van der Waals surface area contributed by atoms with Gasteiger partial charge in [-0.1, -0.05) is 27.7 Å². The molecule has 0 fully saturated rings. The first-order chi connectivity index (χ1) is 14.4. The van der Waals surface area contributed by atoms with E-state index in [0.29, 0.717) is 0 Å². The second-order valence-corrected chi connectivity index (χ2v) is 8.89. The summed E-state index contributed by atoms with van der Waals surface area (Å²) in [5.41, 5.74) is 11.1. The molecule has 2 aromatic carbocycles. The average Bonchev–Trinajstić information content (AvgIpc) is 2.67. The Labute approximate surface area is 186 Å². The maximum absolute atomic E-state index is 2.57. The molecule has 0 spiro atoms. The molecule has 0 bridgehead atoms. The van der Waals surface area contributed by atoms with Crippen molar-refractivity contribution in [3.63, 3.8) is 0 Å². The van der Waals surface area contributed by atoms with Crippen molar-refractivity contribution in [2.45, 2.75) is 81.1 Å². The molecule has 0 aromatic heterocycles. The van der Waals surface area contributed by atoms with Gasteiger partial charge in [0.25, 0.3) is 0 Å². The van der Waals surface area contributed by atoms with Crippen molar-refractivity contribution >= 4 is 11.4 Å². The van der Waals surface area contributed by atoms with Gasteiger partial charge in [-0.2, -0.15) is 0 Å². The van der Waals surface area contributed by atoms with Crippen LogP contribution in [0.15, 0.2) is 24.3 Å². The van der Waals surface area contributed by atoms with Crippen molar-refractivity contribution in [2.24, 2.45) is 0 Å². The SMILES string of the molecule is CCCN(CCC)c1c(C)cc(-c2cc(C)c(N(CCC)CCC)c(C)c2)cc1C. The predicted octanol–water partition coefficient (Wildman–Crippen LogP) is 7.84. The van der Waals surface area contributed by atoms with Gasteiger partial charge in [0, 0.05) is 37.6 Å². The van der Waals surface area contributed by atoms with Crippen LogP contribution in [0.25, 0.3) is 11.1 Å². The number of hydrogen-bond donors (Lipinski definition) is 0. The van der Waals surface area contributed by atoms with Crippen LogP contribution in [0.5, 0.6) is 0 Å². The summed E-state index contributed by atoms with van der Waals surface area (Å²) in [6.45, 7) is 22.7. The van der Waals surface area contributed by atoms with E-state index in [-0.39, 0.29) is 0 Å². The fourth-order valence-electron chi connectivity index (χ4n) is 4.99. The van der Waals surface area contributed by atoms with Crippen LogP contribution in [0, 0.1) is 27.7 Å². The van der Waals surface area contributed by atoms with Crippen LogP contribution >= 0.6 is 0 Å². The van der Waals surface area contributed by atoms with Gasteiger partial charge >= 0.3 is 0 Å². The minimum absolute atomic E-state index is 1.13. The van der Waals surface area contributed by atoms with Crippen molar-refractivity contribution in [2.75, 3.05) is 36.0 Å². The molecule has 0 atom stereocenters. The van der Waals surface area contributed by atoms with E-state index >= 15 is 0 Å². The van der Waals surface area contributed by atoms with Gasteiger partial charge in [0.2, 0.25) is 0 Å². The highest BCUT2D eigenvalue weighted by molar-refractivity contribution is 5.76. The Morgan fingerprint density at radius 1 is 0.467 bits per heavy atom. The van der Waals surface area contributed by atoms with Crippen molar-refractivity contribution < 1.29 is 0 Å². The quantitative estimate of drug-likeness (QED) is 0.373. The summed E-state index contributed by atoms with van der Waals surface area (Å²) in [6, 6.07) is 9.57. The molecule has 0 saturated carbocycles. The summed E-state index contributed by atoms with van der Waals surface area (Å²) >= 11 is 0. The molecule has 30 heavy (non-hydrogen) atoms. The number of nitrogens with zero attached hydrogens (tertiary/aromatic N) is 2. The van der Waals surface area contributed by atoms with Gasteiger partial charge in [-0.05, 0) is 111 Å². The minimum Gasteiger partial charge on any atom is -0.371 e. The first-order valence-corrected chi connectivity index (χ1v) is 12.1. The molecule has 2 heteroatoms. The standard InChI is InChI=1S/C28H44N2/c1-9-13-29(14-10-2)27-21(5)17-25(18-22(27)6)26-19-23(7)28(24(8)20-26)30(15-11-3)16-12-4/h17-20H,9-16H2,1-8H3. The molecule has 0 saturated heterocycles. The molecule has 0 aliphatic heterocycles. The fourth-order valence-corrected chi connectivity index (χ4v) is 4.99. The monoisotopic (exact) mass is 408 g/mol. The first kappa shape index (κ1) is 24.3. The maximum atomic E-state index is 2.57. The van der Waals surface area contributed by atoms with E-state index in [1.165, 1.54) is 70.4 Å². The molecule has 0 amide bonds. The molecule has 0 heterocycles. The molecule has 0 unspecified atom stereocenters. The molecule has 0 aliphatic rings. The number of benzene rings is 2. The zero-order valence-electron chi connectivity index (χ0n) is 20.9. The normalized spacial score (nSPS) is 11.1. The predicted molar refractivity (Wildman–Crippen MR) is 136 cm³/mol. The summed E-state index contributed by atoms with van der Waals surface area (Å²) in [7, 11) is 0. The van der Waals surface area contributed by atoms with E-state index in [9.17, 15) is 0 Å². The van der Waals surface area contributed by atoms with Gasteiger partial charge in [0.15, 0.2) is 0 Å². The van der Waals surface area contributed by atoms with E-state index in [4.69, 9.17) is 0 Å². The summed E-state index contributed by atoms with van der Waals surface area (Å²) in [5.74, 6) is 0. The van der Waals surface area contributed by atoms with Crippen molar-refractivity contribution in [3.8, 4) is 11.1 Å². The van der Waals surface area contributed by atoms with Crippen molar-refractivity contribution in [3.05, 3.63) is 46.5 Å². The van der Waals surface area contributed by atoms with Crippen LogP contribution in [-0.4, -0.2) is 26.2 Å². The molecule has 166 valence electrons. The third kappa shape index (κ3) is 5.59. The topological polar surface area (TPSA) is 6.48 Å². The van der Waals surface area contributed by atoms with Crippen LogP contribution in [0.2, 0.25) is 0 Å². The van der Waals surface area contributed by atoms with Crippen LogP contribution in [0.4, 0.5) is 11.4 Å². The van der Waals surface area contributed by atoms with Gasteiger partial charge in [-0.3, -0.25) is 0 Å². The molecule has 0 radical (unpaired) electrons. The zero-order chi connectivity index (χ0) is 22.3. The Morgan fingerprint density at radius 3 is 0.900 bits per heavy atom. The molecule has 2 aromatic rings. The van der Waals surface area contributed by atoms with E-state index in [2.05, 4.69) is 89.5 Å². The average molecular weight is 409 g/mol. The lowest BCUT2D eigenvalue weighted by Crippen LogP contribution is -2.26. The Morgan fingerprint density at radius 2 is 0.700 bits per heavy atom. The highest BCUT2D eigenvalue weighted by Gasteiger charge is 2.16. The van der Waals surface area contributed by atoms with Gasteiger partial charge < -0.3 is 9.80 Å². The van der Waals surface area contributed by atoms with Crippen LogP contribution in [0.3, 0.4) is 0 Å². The first-order valence-electron chi connectivity index (χ1n) is 12.1. The lowest BCUT2D eigenvalue weighted by molar-refractivity contribution is 0.740. The largest absolute Gasteiger partial charge is 0.371 e. The Hall–Kier alpha value is -1.96. The Balaban J connectivity index is 2.47. The minimum atomic E-state index is 1.13. The zero-order valence-corrected chi connectivity index (χ0v) is 20.9. The van der Waals surface area contributed by atoms with Crippen LogP contribution in [0.1, 0.15) is 75.6 Å². The smallest absolute Gasteiger partial charge is 0.0426 e. The van der Waals surface area contributed by atoms with Crippen LogP contribution in [-0.2, 0) is 0 Å². The lowest BCUT2D eigenvalue weighted by Gasteiger charge is -2.29. The molecular formula is C28H44N2. The van der Waals surface area contributed by atoms with E-state index in [1.807, 2.05) is 0 Å². The molecule has 0 aliphatic carbocycles. The van der Waals surface area contributed by atoms with Crippen molar-refractivity contribution in [1.29, 1.82) is 0 Å². The van der Waals surface area contributed by atoms with E-state index < -0.39 is 0 Å². The summed E-state index contributed by atoms with van der Waals surface area (Å²) in [4.78, 5) is 5.14. The highest BCUT2D eigenvalue weighted by atomic mass is 15.1. The number of hydrogen-bond acceptors (Lipinski definition) is 2. The van der Waals surface area contributed by atoms with Gasteiger partial charge in [-0.25, -0.2) is 0 Å². The summed E-state index contributed by atoms with van der Waals surface area (Å²) in [5, 5.41) is 0. The number of aryl methyl sites for hydroxylation is 4. The molecular weight excluding hydrogens is 364 g/mol.